The van der Waals surface area contributed by atoms with Crippen molar-refractivity contribution < 1.29 is 9.84 Å². The molecule has 0 spiro atoms. The van der Waals surface area contributed by atoms with Crippen LogP contribution in [0.15, 0.2) is 30.3 Å². The molecule has 2 aliphatic rings. The molecule has 3 rings (SSSR count). The van der Waals surface area contributed by atoms with Gasteiger partial charge in [-0.25, -0.2) is 0 Å². The van der Waals surface area contributed by atoms with Crippen molar-refractivity contribution in [3.8, 4) is 0 Å². The third-order valence-electron chi connectivity index (χ3n) is 5.28. The minimum Gasteiger partial charge on any atom is -0.390 e. The summed E-state index contributed by atoms with van der Waals surface area (Å²) < 4.78 is 6.32. The van der Waals surface area contributed by atoms with Gasteiger partial charge in [0.15, 0.2) is 0 Å². The minimum absolute atomic E-state index is 0.0271. The van der Waals surface area contributed by atoms with E-state index in [0.29, 0.717) is 12.0 Å². The van der Waals surface area contributed by atoms with E-state index in [1.54, 1.807) is 0 Å². The molecule has 5 unspecified atom stereocenters. The molecule has 2 aliphatic carbocycles. The van der Waals surface area contributed by atoms with Crippen LogP contribution in [0.3, 0.4) is 0 Å². The third-order valence-corrected chi connectivity index (χ3v) is 5.28. The zero-order valence-electron chi connectivity index (χ0n) is 13.1. The monoisotopic (exact) mass is 288 g/mol. The van der Waals surface area contributed by atoms with E-state index in [4.69, 9.17) is 4.74 Å². The number of hydrogen-bond donors (Lipinski definition) is 1. The van der Waals surface area contributed by atoms with Gasteiger partial charge >= 0.3 is 0 Å². The number of hydrogen-bond acceptors (Lipinski definition) is 2. The molecule has 0 aliphatic heterocycles. The Kier molecular flexibility index (Phi) is 4.97. The van der Waals surface area contributed by atoms with Crippen LogP contribution < -0.4 is 0 Å². The van der Waals surface area contributed by atoms with Crippen molar-refractivity contribution in [2.24, 2.45) is 5.92 Å². The zero-order chi connectivity index (χ0) is 14.7. The molecule has 0 bridgehead atoms. The second kappa shape index (κ2) is 6.93. The Hall–Kier alpha value is -0.860. The largest absolute Gasteiger partial charge is 0.390 e. The van der Waals surface area contributed by atoms with Crippen LogP contribution in [0.25, 0.3) is 0 Å². The molecule has 5 atom stereocenters. The van der Waals surface area contributed by atoms with E-state index in [1.165, 1.54) is 31.2 Å². The van der Waals surface area contributed by atoms with E-state index >= 15 is 0 Å². The van der Waals surface area contributed by atoms with Crippen LogP contribution in [0.2, 0.25) is 0 Å². The SMILES string of the molecule is CC1CCCC(OC2CC(c3ccccc3)CCC2O)C1. The van der Waals surface area contributed by atoms with Crippen LogP contribution in [0.4, 0.5) is 0 Å². The lowest BCUT2D eigenvalue weighted by Gasteiger charge is -2.37. The molecule has 2 heteroatoms. The van der Waals surface area contributed by atoms with Gasteiger partial charge < -0.3 is 9.84 Å². The molecule has 21 heavy (non-hydrogen) atoms. The highest BCUT2D eigenvalue weighted by Crippen LogP contribution is 2.36. The highest BCUT2D eigenvalue weighted by Gasteiger charge is 2.33. The van der Waals surface area contributed by atoms with Crippen LogP contribution in [0, 0.1) is 5.92 Å². The maximum absolute atomic E-state index is 10.3. The summed E-state index contributed by atoms with van der Waals surface area (Å²) in [7, 11) is 0. The Morgan fingerprint density at radius 3 is 2.57 bits per heavy atom. The van der Waals surface area contributed by atoms with Gasteiger partial charge in [0.25, 0.3) is 0 Å². The molecule has 2 nitrogen and oxygen atoms in total. The van der Waals surface area contributed by atoms with E-state index in [-0.39, 0.29) is 12.2 Å². The van der Waals surface area contributed by atoms with Gasteiger partial charge in [0.2, 0.25) is 0 Å². The predicted octanol–water partition coefficient (Wildman–Crippen LogP) is 4.28. The molecule has 0 heterocycles. The van der Waals surface area contributed by atoms with Gasteiger partial charge in [-0.1, -0.05) is 50.1 Å². The fraction of sp³-hybridized carbons (Fsp3) is 0.684. The number of aliphatic hydroxyl groups excluding tert-OH is 1. The summed E-state index contributed by atoms with van der Waals surface area (Å²) >= 11 is 0. The van der Waals surface area contributed by atoms with Crippen molar-refractivity contribution in [3.05, 3.63) is 35.9 Å². The topological polar surface area (TPSA) is 29.5 Å². The summed E-state index contributed by atoms with van der Waals surface area (Å²) in [6.07, 6.45) is 7.97. The number of ether oxygens (including phenoxy) is 1. The maximum atomic E-state index is 10.3. The maximum Gasteiger partial charge on any atom is 0.0843 e. The van der Waals surface area contributed by atoms with Gasteiger partial charge in [0, 0.05) is 0 Å². The lowest BCUT2D eigenvalue weighted by Crippen LogP contribution is -2.39. The Morgan fingerprint density at radius 2 is 1.81 bits per heavy atom. The van der Waals surface area contributed by atoms with E-state index in [2.05, 4.69) is 37.3 Å². The van der Waals surface area contributed by atoms with Crippen LogP contribution in [0.5, 0.6) is 0 Å². The Balaban J connectivity index is 1.61. The van der Waals surface area contributed by atoms with Crippen molar-refractivity contribution in [3.63, 3.8) is 0 Å². The van der Waals surface area contributed by atoms with Gasteiger partial charge in [-0.2, -0.15) is 0 Å². The Morgan fingerprint density at radius 1 is 1.00 bits per heavy atom. The molecule has 1 N–H and O–H groups in total. The Bertz CT molecular complexity index is 430. The van der Waals surface area contributed by atoms with Crippen LogP contribution >= 0.6 is 0 Å². The summed E-state index contributed by atoms with van der Waals surface area (Å²) in [4.78, 5) is 0. The minimum atomic E-state index is -0.276. The number of rotatable bonds is 3. The van der Waals surface area contributed by atoms with Gasteiger partial charge in [0.05, 0.1) is 18.3 Å². The second-order valence-corrected chi connectivity index (χ2v) is 7.06. The van der Waals surface area contributed by atoms with Crippen LogP contribution in [-0.4, -0.2) is 23.4 Å². The quantitative estimate of drug-likeness (QED) is 0.899. The first-order chi connectivity index (χ1) is 10.2. The van der Waals surface area contributed by atoms with Crippen molar-refractivity contribution in [1.82, 2.24) is 0 Å². The molecule has 1 aromatic carbocycles. The lowest BCUT2D eigenvalue weighted by molar-refractivity contribution is -0.110. The molecular weight excluding hydrogens is 260 g/mol. The first kappa shape index (κ1) is 15.1. The number of benzene rings is 1. The normalized spacial score (nSPS) is 37.3. The summed E-state index contributed by atoms with van der Waals surface area (Å²) in [5.41, 5.74) is 1.40. The summed E-state index contributed by atoms with van der Waals surface area (Å²) in [5, 5.41) is 10.3. The molecule has 0 aromatic heterocycles. The molecule has 0 radical (unpaired) electrons. The second-order valence-electron chi connectivity index (χ2n) is 7.06. The highest BCUT2D eigenvalue weighted by atomic mass is 16.5. The fourth-order valence-corrected chi connectivity index (χ4v) is 4.04. The van der Waals surface area contributed by atoms with Gasteiger partial charge in [-0.3, -0.25) is 0 Å². The average Bonchev–Trinajstić information content (AvgIpc) is 2.50. The van der Waals surface area contributed by atoms with Crippen molar-refractivity contribution >= 4 is 0 Å². The zero-order valence-corrected chi connectivity index (χ0v) is 13.1. The van der Waals surface area contributed by atoms with Crippen molar-refractivity contribution in [2.45, 2.75) is 76.1 Å². The van der Waals surface area contributed by atoms with Crippen LogP contribution in [0.1, 0.15) is 63.4 Å². The van der Waals surface area contributed by atoms with Crippen LogP contribution in [-0.2, 0) is 4.74 Å². The van der Waals surface area contributed by atoms with E-state index in [1.807, 2.05) is 0 Å². The standard InChI is InChI=1S/C19H28O2/c1-14-6-5-9-17(12-14)21-19-13-16(10-11-18(19)20)15-7-3-2-4-8-15/h2-4,7-8,14,16-20H,5-6,9-13H2,1H3. The molecule has 116 valence electrons. The van der Waals surface area contributed by atoms with Gasteiger partial charge in [0.1, 0.15) is 0 Å². The Labute approximate surface area is 128 Å². The molecule has 0 amide bonds. The smallest absolute Gasteiger partial charge is 0.0843 e. The summed E-state index contributed by atoms with van der Waals surface area (Å²) in [6, 6.07) is 10.7. The third kappa shape index (κ3) is 3.87. The molecule has 1 aromatic rings. The van der Waals surface area contributed by atoms with E-state index in [9.17, 15) is 5.11 Å². The highest BCUT2D eigenvalue weighted by molar-refractivity contribution is 5.20. The fourth-order valence-electron chi connectivity index (χ4n) is 4.04. The summed E-state index contributed by atoms with van der Waals surface area (Å²) in [6.45, 7) is 2.32. The number of aliphatic hydroxyl groups is 1. The van der Waals surface area contributed by atoms with E-state index < -0.39 is 0 Å². The van der Waals surface area contributed by atoms with Gasteiger partial charge in [-0.15, -0.1) is 0 Å². The van der Waals surface area contributed by atoms with Crippen molar-refractivity contribution in [1.29, 1.82) is 0 Å². The first-order valence-electron chi connectivity index (χ1n) is 8.61. The molecule has 2 saturated carbocycles. The first-order valence-corrected chi connectivity index (χ1v) is 8.61. The van der Waals surface area contributed by atoms with Gasteiger partial charge in [-0.05, 0) is 49.5 Å². The molecule has 2 fully saturated rings. The predicted molar refractivity (Wildman–Crippen MR) is 85.3 cm³/mol. The lowest BCUT2D eigenvalue weighted by atomic mass is 9.80. The molecular formula is C19H28O2. The average molecular weight is 288 g/mol. The van der Waals surface area contributed by atoms with E-state index in [0.717, 1.165) is 25.2 Å². The van der Waals surface area contributed by atoms with Crippen molar-refractivity contribution in [2.75, 3.05) is 0 Å². The molecule has 0 saturated heterocycles. The summed E-state index contributed by atoms with van der Waals surface area (Å²) in [5.74, 6) is 1.31.